The van der Waals surface area contributed by atoms with Gasteiger partial charge in [0.25, 0.3) is 0 Å². The van der Waals surface area contributed by atoms with E-state index in [1.807, 2.05) is 22.8 Å². The Morgan fingerprint density at radius 1 is 1.10 bits per heavy atom. The van der Waals surface area contributed by atoms with Gasteiger partial charge in [-0.05, 0) is 54.7 Å². The van der Waals surface area contributed by atoms with E-state index in [2.05, 4.69) is 23.2 Å². The van der Waals surface area contributed by atoms with E-state index in [1.54, 1.807) is 7.11 Å². The first-order valence-electron chi connectivity index (χ1n) is 7.20. The lowest BCUT2D eigenvalue weighted by Crippen LogP contribution is -2.01. The molecule has 0 spiro atoms. The lowest BCUT2D eigenvalue weighted by molar-refractivity contribution is 0.415. The third kappa shape index (κ3) is 1.87. The molecule has 0 atom stereocenters. The molecule has 1 aliphatic carbocycles. The van der Waals surface area contributed by atoms with Crippen LogP contribution in [0.15, 0.2) is 36.4 Å². The molecule has 0 radical (unpaired) electrons. The molecule has 0 aliphatic heterocycles. The Morgan fingerprint density at radius 2 is 1.95 bits per heavy atom. The Balaban J connectivity index is 1.94. The van der Waals surface area contributed by atoms with Crippen molar-refractivity contribution in [3.8, 4) is 11.4 Å². The molecule has 4 heteroatoms. The Hall–Kier alpha value is -2.49. The molecule has 1 aliphatic rings. The molecule has 0 saturated carbocycles. The molecular weight excluding hydrogens is 262 g/mol. The summed E-state index contributed by atoms with van der Waals surface area (Å²) in [5, 5.41) is 0. The first kappa shape index (κ1) is 12.3. The number of benzene rings is 2. The Kier molecular flexibility index (Phi) is 2.64. The monoisotopic (exact) mass is 279 g/mol. The molecule has 2 aromatic carbocycles. The van der Waals surface area contributed by atoms with Crippen molar-refractivity contribution in [2.75, 3.05) is 12.8 Å². The van der Waals surface area contributed by atoms with Crippen LogP contribution in [0.5, 0.6) is 5.75 Å². The van der Waals surface area contributed by atoms with Crippen molar-refractivity contribution >= 4 is 17.0 Å². The van der Waals surface area contributed by atoms with Gasteiger partial charge in [-0.3, -0.25) is 4.57 Å². The number of nitrogen functional groups attached to an aromatic ring is 1. The van der Waals surface area contributed by atoms with Crippen LogP contribution in [0.3, 0.4) is 0 Å². The van der Waals surface area contributed by atoms with Crippen molar-refractivity contribution in [3.05, 3.63) is 47.5 Å². The second-order valence-electron chi connectivity index (χ2n) is 5.47. The second-order valence-corrected chi connectivity index (χ2v) is 5.47. The van der Waals surface area contributed by atoms with Crippen molar-refractivity contribution in [2.45, 2.75) is 19.3 Å². The van der Waals surface area contributed by atoms with Crippen LogP contribution in [-0.4, -0.2) is 16.7 Å². The molecule has 1 heterocycles. The van der Waals surface area contributed by atoms with E-state index in [-0.39, 0.29) is 0 Å². The Morgan fingerprint density at radius 3 is 2.81 bits per heavy atom. The fourth-order valence-electron chi connectivity index (χ4n) is 3.17. The normalized spacial score (nSPS) is 13.6. The van der Waals surface area contributed by atoms with Crippen molar-refractivity contribution in [1.29, 1.82) is 0 Å². The number of aromatic nitrogens is 2. The third-order valence-corrected chi connectivity index (χ3v) is 4.23. The smallest absolute Gasteiger partial charge is 0.205 e. The summed E-state index contributed by atoms with van der Waals surface area (Å²) in [5.74, 6) is 1.32. The zero-order valence-corrected chi connectivity index (χ0v) is 12.0. The van der Waals surface area contributed by atoms with Crippen LogP contribution >= 0.6 is 0 Å². The average molecular weight is 279 g/mol. The molecule has 4 rings (SSSR count). The van der Waals surface area contributed by atoms with Crippen LogP contribution in [0.25, 0.3) is 16.7 Å². The number of fused-ring (bicyclic) bond motifs is 2. The number of imidazole rings is 1. The molecule has 21 heavy (non-hydrogen) atoms. The van der Waals surface area contributed by atoms with E-state index in [4.69, 9.17) is 10.5 Å². The molecule has 0 unspecified atom stereocenters. The summed E-state index contributed by atoms with van der Waals surface area (Å²) in [5.41, 5.74) is 12.0. The molecule has 2 N–H and O–H groups in total. The maximum absolute atomic E-state index is 6.13. The van der Waals surface area contributed by atoms with E-state index in [1.165, 1.54) is 24.0 Å². The van der Waals surface area contributed by atoms with Crippen molar-refractivity contribution in [1.82, 2.24) is 9.55 Å². The highest BCUT2D eigenvalue weighted by atomic mass is 16.5. The summed E-state index contributed by atoms with van der Waals surface area (Å²) in [4.78, 5) is 4.44. The fourth-order valence-corrected chi connectivity index (χ4v) is 3.17. The van der Waals surface area contributed by atoms with Crippen molar-refractivity contribution in [3.63, 3.8) is 0 Å². The minimum absolute atomic E-state index is 0.510. The van der Waals surface area contributed by atoms with E-state index >= 15 is 0 Å². The lowest BCUT2D eigenvalue weighted by atomic mass is 10.1. The third-order valence-electron chi connectivity index (χ3n) is 4.23. The predicted octanol–water partition coefficient (Wildman–Crippen LogP) is 3.11. The predicted molar refractivity (Wildman–Crippen MR) is 84.1 cm³/mol. The van der Waals surface area contributed by atoms with Crippen molar-refractivity contribution < 1.29 is 4.74 Å². The molecule has 0 amide bonds. The van der Waals surface area contributed by atoms with Crippen LogP contribution in [0.1, 0.15) is 17.5 Å². The minimum Gasteiger partial charge on any atom is -0.497 e. The minimum atomic E-state index is 0.510. The highest BCUT2D eigenvalue weighted by molar-refractivity contribution is 5.82. The van der Waals surface area contributed by atoms with Gasteiger partial charge in [0.1, 0.15) is 5.75 Å². The standard InChI is InChI=1S/C17H17N3O/c1-21-14-7-8-15-16(10-14)20(17(18)19-15)13-6-5-11-3-2-4-12(11)9-13/h5-10H,2-4H2,1H3,(H2,18,19). The van der Waals surface area contributed by atoms with Crippen LogP contribution in [0.2, 0.25) is 0 Å². The number of nitrogens with two attached hydrogens (primary N) is 1. The Bertz CT molecular complexity index is 835. The zero-order chi connectivity index (χ0) is 14.4. The summed E-state index contributed by atoms with van der Waals surface area (Å²) in [6.45, 7) is 0. The maximum atomic E-state index is 6.13. The molecule has 0 bridgehead atoms. The number of anilines is 1. The topological polar surface area (TPSA) is 53.1 Å². The number of hydrogen-bond acceptors (Lipinski definition) is 3. The van der Waals surface area contributed by atoms with Gasteiger partial charge in [-0.2, -0.15) is 0 Å². The first-order valence-corrected chi connectivity index (χ1v) is 7.20. The van der Waals surface area contributed by atoms with Gasteiger partial charge in [0, 0.05) is 11.8 Å². The van der Waals surface area contributed by atoms with Gasteiger partial charge in [-0.1, -0.05) is 6.07 Å². The summed E-state index contributed by atoms with van der Waals surface area (Å²) < 4.78 is 7.31. The summed E-state index contributed by atoms with van der Waals surface area (Å²) in [6, 6.07) is 12.4. The van der Waals surface area contributed by atoms with Crippen molar-refractivity contribution in [2.24, 2.45) is 0 Å². The van der Waals surface area contributed by atoms with Gasteiger partial charge in [-0.15, -0.1) is 0 Å². The average Bonchev–Trinajstić information content (AvgIpc) is 3.08. The van der Waals surface area contributed by atoms with Crippen LogP contribution in [0, 0.1) is 0 Å². The van der Waals surface area contributed by atoms with Gasteiger partial charge in [-0.25, -0.2) is 4.98 Å². The van der Waals surface area contributed by atoms with Crippen LogP contribution < -0.4 is 10.5 Å². The summed E-state index contributed by atoms with van der Waals surface area (Å²) >= 11 is 0. The Labute approximate surface area is 123 Å². The molecule has 4 nitrogen and oxygen atoms in total. The number of ether oxygens (including phenoxy) is 1. The largest absolute Gasteiger partial charge is 0.497 e. The number of rotatable bonds is 2. The maximum Gasteiger partial charge on any atom is 0.205 e. The number of aryl methyl sites for hydroxylation is 2. The number of methoxy groups -OCH3 is 1. The molecular formula is C17H17N3O. The lowest BCUT2D eigenvalue weighted by Gasteiger charge is -2.09. The molecule has 1 aromatic heterocycles. The van der Waals surface area contributed by atoms with Gasteiger partial charge in [0.15, 0.2) is 0 Å². The molecule has 3 aromatic rings. The zero-order valence-electron chi connectivity index (χ0n) is 12.0. The summed E-state index contributed by atoms with van der Waals surface area (Å²) in [7, 11) is 1.67. The quantitative estimate of drug-likeness (QED) is 0.784. The van der Waals surface area contributed by atoms with E-state index < -0.39 is 0 Å². The van der Waals surface area contributed by atoms with Gasteiger partial charge in [0.05, 0.1) is 18.1 Å². The molecule has 0 fully saturated rings. The molecule has 0 saturated heterocycles. The van der Waals surface area contributed by atoms with Gasteiger partial charge >= 0.3 is 0 Å². The SMILES string of the molecule is COc1ccc2nc(N)n(-c3ccc4c(c3)CCC4)c2c1. The first-order chi connectivity index (χ1) is 10.3. The highest BCUT2D eigenvalue weighted by Crippen LogP contribution is 2.29. The van der Waals surface area contributed by atoms with E-state index in [9.17, 15) is 0 Å². The van der Waals surface area contributed by atoms with Crippen LogP contribution in [0.4, 0.5) is 5.95 Å². The molecule has 106 valence electrons. The number of nitrogens with zero attached hydrogens (tertiary/aromatic N) is 2. The van der Waals surface area contributed by atoms with E-state index in [0.717, 1.165) is 28.9 Å². The highest BCUT2D eigenvalue weighted by Gasteiger charge is 2.15. The van der Waals surface area contributed by atoms with E-state index in [0.29, 0.717) is 5.95 Å². The van der Waals surface area contributed by atoms with Crippen LogP contribution in [-0.2, 0) is 12.8 Å². The number of hydrogen-bond donors (Lipinski definition) is 1. The fraction of sp³-hybridized carbons (Fsp3) is 0.235. The van der Waals surface area contributed by atoms with Gasteiger partial charge < -0.3 is 10.5 Å². The summed E-state index contributed by atoms with van der Waals surface area (Å²) in [6.07, 6.45) is 3.58. The second kappa shape index (κ2) is 4.52. The van der Waals surface area contributed by atoms with Gasteiger partial charge in [0.2, 0.25) is 5.95 Å².